The number of benzene rings is 1. The topological polar surface area (TPSA) is 55.6 Å². The fraction of sp³-hybridized carbons (Fsp3) is 0.333. The fourth-order valence-corrected chi connectivity index (χ4v) is 3.48. The largest absolute Gasteiger partial charge is 0.426 e. The number of ether oxygens (including phenoxy) is 1. The summed E-state index contributed by atoms with van der Waals surface area (Å²) in [6, 6.07) is 4.26. The first-order valence-corrected chi connectivity index (χ1v) is 8.76. The summed E-state index contributed by atoms with van der Waals surface area (Å²) in [5.74, 6) is 0.370. The van der Waals surface area contributed by atoms with Crippen molar-refractivity contribution < 1.29 is 9.53 Å². The van der Waals surface area contributed by atoms with E-state index < -0.39 is 0 Å². The maximum atomic E-state index is 11.2. The third-order valence-corrected chi connectivity index (χ3v) is 4.70. The van der Waals surface area contributed by atoms with Crippen LogP contribution in [0.4, 0.5) is 0 Å². The molecule has 0 bridgehead atoms. The molecule has 0 spiro atoms. The van der Waals surface area contributed by atoms with Gasteiger partial charge in [-0.1, -0.05) is 12.1 Å². The molecule has 2 aromatic heterocycles. The standard InChI is InChI=1S/C18H21N3O2S/c1-11-7-15(8-12(2)17(11)23-14(4)22)9-19-13(3)16-10-21-5-6-24-18(21)20-16/h5-8,10,13,19H,9H2,1-4H3. The van der Waals surface area contributed by atoms with Gasteiger partial charge in [-0.15, -0.1) is 11.3 Å². The molecule has 1 atom stereocenters. The summed E-state index contributed by atoms with van der Waals surface area (Å²) in [4.78, 5) is 16.8. The molecule has 0 aliphatic carbocycles. The lowest BCUT2D eigenvalue weighted by Crippen LogP contribution is -2.18. The number of rotatable bonds is 5. The van der Waals surface area contributed by atoms with E-state index in [2.05, 4.69) is 35.6 Å². The monoisotopic (exact) mass is 343 g/mol. The lowest BCUT2D eigenvalue weighted by Gasteiger charge is -2.15. The highest BCUT2D eigenvalue weighted by Crippen LogP contribution is 2.25. The molecule has 0 amide bonds. The van der Waals surface area contributed by atoms with Gasteiger partial charge in [-0.05, 0) is 37.5 Å². The zero-order valence-corrected chi connectivity index (χ0v) is 15.1. The van der Waals surface area contributed by atoms with Crippen molar-refractivity contribution in [2.45, 2.75) is 40.3 Å². The lowest BCUT2D eigenvalue weighted by molar-refractivity contribution is -0.131. The fourth-order valence-electron chi connectivity index (χ4n) is 2.78. The van der Waals surface area contributed by atoms with Crippen LogP contribution in [0.3, 0.4) is 0 Å². The van der Waals surface area contributed by atoms with Crippen LogP contribution in [0.1, 0.15) is 42.3 Å². The molecular formula is C18H21N3O2S. The number of hydrogen-bond acceptors (Lipinski definition) is 5. The smallest absolute Gasteiger partial charge is 0.308 e. The number of aromatic nitrogens is 2. The minimum Gasteiger partial charge on any atom is -0.426 e. The van der Waals surface area contributed by atoms with E-state index in [9.17, 15) is 4.79 Å². The van der Waals surface area contributed by atoms with E-state index in [1.54, 1.807) is 11.3 Å². The Morgan fingerprint density at radius 3 is 2.71 bits per heavy atom. The van der Waals surface area contributed by atoms with Crippen LogP contribution in [0.25, 0.3) is 4.96 Å². The van der Waals surface area contributed by atoms with E-state index in [0.29, 0.717) is 5.75 Å². The average molecular weight is 343 g/mol. The van der Waals surface area contributed by atoms with Gasteiger partial charge < -0.3 is 10.1 Å². The Morgan fingerprint density at radius 1 is 1.38 bits per heavy atom. The minimum atomic E-state index is -0.291. The van der Waals surface area contributed by atoms with Crippen LogP contribution in [0.15, 0.2) is 29.9 Å². The van der Waals surface area contributed by atoms with Crippen LogP contribution in [0, 0.1) is 13.8 Å². The summed E-state index contributed by atoms with van der Waals surface area (Å²) < 4.78 is 7.32. The maximum absolute atomic E-state index is 11.2. The van der Waals surface area contributed by atoms with Crippen LogP contribution in [0.5, 0.6) is 5.75 Å². The molecule has 6 heteroatoms. The molecular weight excluding hydrogens is 322 g/mol. The van der Waals surface area contributed by atoms with Gasteiger partial charge in [0.1, 0.15) is 5.75 Å². The Balaban J connectivity index is 1.69. The van der Waals surface area contributed by atoms with E-state index >= 15 is 0 Å². The van der Waals surface area contributed by atoms with Crippen molar-refractivity contribution in [2.24, 2.45) is 0 Å². The predicted molar refractivity (Wildman–Crippen MR) is 95.5 cm³/mol. The number of nitrogens with one attached hydrogen (secondary N) is 1. The molecule has 3 aromatic rings. The first-order valence-electron chi connectivity index (χ1n) is 7.88. The molecule has 1 unspecified atom stereocenters. The van der Waals surface area contributed by atoms with Crippen molar-refractivity contribution in [3.05, 3.63) is 52.3 Å². The van der Waals surface area contributed by atoms with Gasteiger partial charge in [0.2, 0.25) is 0 Å². The molecule has 126 valence electrons. The average Bonchev–Trinajstić information content (AvgIpc) is 3.09. The van der Waals surface area contributed by atoms with Gasteiger partial charge >= 0.3 is 5.97 Å². The lowest BCUT2D eigenvalue weighted by atomic mass is 10.1. The normalized spacial score (nSPS) is 12.5. The van der Waals surface area contributed by atoms with Crippen LogP contribution in [-0.2, 0) is 11.3 Å². The Morgan fingerprint density at radius 2 is 2.08 bits per heavy atom. The Kier molecular flexibility index (Phi) is 4.69. The van der Waals surface area contributed by atoms with Gasteiger partial charge in [-0.2, -0.15) is 0 Å². The Hall–Kier alpha value is -2.18. The quantitative estimate of drug-likeness (QED) is 0.566. The molecule has 0 saturated carbocycles. The SMILES string of the molecule is CC(=O)Oc1c(C)cc(CNC(C)c2cn3ccsc3n2)cc1C. The van der Waals surface area contributed by atoms with Gasteiger partial charge in [0.05, 0.1) is 5.69 Å². The number of carbonyl (C=O) groups is 1. The highest BCUT2D eigenvalue weighted by molar-refractivity contribution is 7.15. The number of imidazole rings is 1. The van der Waals surface area contributed by atoms with Gasteiger partial charge in [-0.3, -0.25) is 9.20 Å². The molecule has 0 fully saturated rings. The zero-order chi connectivity index (χ0) is 17.3. The van der Waals surface area contributed by atoms with Crippen LogP contribution < -0.4 is 10.1 Å². The molecule has 1 aromatic carbocycles. The number of carbonyl (C=O) groups excluding carboxylic acids is 1. The number of esters is 1. The third kappa shape index (κ3) is 3.49. The van der Waals surface area contributed by atoms with Crippen molar-refractivity contribution in [3.63, 3.8) is 0 Å². The highest BCUT2D eigenvalue weighted by Gasteiger charge is 2.12. The molecule has 2 heterocycles. The molecule has 0 aliphatic rings. The van der Waals surface area contributed by atoms with E-state index in [0.717, 1.165) is 33.9 Å². The van der Waals surface area contributed by atoms with Gasteiger partial charge in [0.25, 0.3) is 0 Å². The maximum Gasteiger partial charge on any atom is 0.308 e. The van der Waals surface area contributed by atoms with Gasteiger partial charge in [0.15, 0.2) is 4.96 Å². The summed E-state index contributed by atoms with van der Waals surface area (Å²) in [7, 11) is 0. The summed E-state index contributed by atoms with van der Waals surface area (Å²) in [6.07, 6.45) is 4.08. The number of aryl methyl sites for hydroxylation is 2. The van der Waals surface area contributed by atoms with Crippen molar-refractivity contribution in [3.8, 4) is 5.75 Å². The first-order chi connectivity index (χ1) is 11.4. The highest BCUT2D eigenvalue weighted by atomic mass is 32.1. The Labute approximate surface area is 145 Å². The minimum absolute atomic E-state index is 0.158. The van der Waals surface area contributed by atoms with E-state index in [4.69, 9.17) is 4.74 Å². The van der Waals surface area contributed by atoms with Gasteiger partial charge in [0, 0.05) is 37.3 Å². The number of hydrogen-bond donors (Lipinski definition) is 1. The summed E-state index contributed by atoms with van der Waals surface area (Å²) in [5.41, 5.74) is 4.13. The summed E-state index contributed by atoms with van der Waals surface area (Å²) >= 11 is 1.63. The second-order valence-corrected chi connectivity index (χ2v) is 6.89. The zero-order valence-electron chi connectivity index (χ0n) is 14.3. The second kappa shape index (κ2) is 6.75. The van der Waals surface area contributed by atoms with Crippen molar-refractivity contribution in [1.29, 1.82) is 0 Å². The van der Waals surface area contributed by atoms with Gasteiger partial charge in [-0.25, -0.2) is 4.98 Å². The van der Waals surface area contributed by atoms with Crippen molar-refractivity contribution in [2.75, 3.05) is 0 Å². The van der Waals surface area contributed by atoms with E-state index in [1.807, 2.05) is 29.8 Å². The first kappa shape index (κ1) is 16.7. The summed E-state index contributed by atoms with van der Waals surface area (Å²) in [6.45, 7) is 8.18. The third-order valence-electron chi connectivity index (χ3n) is 3.93. The number of fused-ring (bicyclic) bond motifs is 1. The number of thiazole rings is 1. The number of nitrogens with zero attached hydrogens (tertiary/aromatic N) is 2. The summed E-state index contributed by atoms with van der Waals surface area (Å²) in [5, 5.41) is 5.53. The second-order valence-electron chi connectivity index (χ2n) is 6.01. The molecule has 0 radical (unpaired) electrons. The van der Waals surface area contributed by atoms with Crippen LogP contribution in [0.2, 0.25) is 0 Å². The van der Waals surface area contributed by atoms with Crippen molar-refractivity contribution in [1.82, 2.24) is 14.7 Å². The molecule has 1 N–H and O–H groups in total. The molecule has 0 saturated heterocycles. The molecule has 3 rings (SSSR count). The van der Waals surface area contributed by atoms with Crippen molar-refractivity contribution >= 4 is 22.3 Å². The Bertz CT molecular complexity index is 830. The van der Waals surface area contributed by atoms with Crippen LogP contribution in [-0.4, -0.2) is 15.4 Å². The molecule has 5 nitrogen and oxygen atoms in total. The molecule has 0 aliphatic heterocycles. The van der Waals surface area contributed by atoms with Crippen LogP contribution >= 0.6 is 11.3 Å². The van der Waals surface area contributed by atoms with E-state index in [1.165, 1.54) is 6.92 Å². The predicted octanol–water partition coefficient (Wildman–Crippen LogP) is 3.79. The van der Waals surface area contributed by atoms with E-state index in [-0.39, 0.29) is 12.0 Å². The molecule has 24 heavy (non-hydrogen) atoms.